The predicted octanol–water partition coefficient (Wildman–Crippen LogP) is 5.41. The molecule has 184 valence electrons. The molecule has 9 heteroatoms. The summed E-state index contributed by atoms with van der Waals surface area (Å²) in [6.45, 7) is 6.54. The first-order valence-electron chi connectivity index (χ1n) is 11.2. The van der Waals surface area contributed by atoms with Crippen LogP contribution >= 0.6 is 12.2 Å². The summed E-state index contributed by atoms with van der Waals surface area (Å²) in [7, 11) is -3.75. The molecule has 1 amide bonds. The summed E-state index contributed by atoms with van der Waals surface area (Å²) < 4.78 is 33.7. The summed E-state index contributed by atoms with van der Waals surface area (Å²) in [6, 6.07) is 18.4. The van der Waals surface area contributed by atoms with Gasteiger partial charge in [0.2, 0.25) is 0 Å². The van der Waals surface area contributed by atoms with Crippen LogP contribution in [-0.2, 0) is 10.0 Å². The number of hydrogen-bond donors (Lipinski definition) is 3. The van der Waals surface area contributed by atoms with E-state index in [1.807, 2.05) is 19.9 Å². The number of ether oxygens (including phenoxy) is 1. The third-order valence-electron chi connectivity index (χ3n) is 5.01. The molecule has 0 saturated heterocycles. The van der Waals surface area contributed by atoms with Crippen LogP contribution < -0.4 is 20.1 Å². The first-order valence-corrected chi connectivity index (χ1v) is 13.1. The number of hydrogen-bond acceptors (Lipinski definition) is 5. The smallest absolute Gasteiger partial charge is 0.261 e. The van der Waals surface area contributed by atoms with Gasteiger partial charge in [-0.3, -0.25) is 14.8 Å². The lowest BCUT2D eigenvalue weighted by atomic mass is 10.1. The molecule has 0 aromatic heterocycles. The monoisotopic (exact) mass is 511 g/mol. The molecule has 35 heavy (non-hydrogen) atoms. The van der Waals surface area contributed by atoms with Crippen LogP contribution in [0.4, 0.5) is 11.4 Å². The minimum Gasteiger partial charge on any atom is -0.494 e. The number of carbonyl (C=O) groups is 1. The van der Waals surface area contributed by atoms with Gasteiger partial charge in [0.05, 0.1) is 11.5 Å². The van der Waals surface area contributed by atoms with E-state index in [0.717, 1.165) is 24.0 Å². The molecule has 0 bridgehead atoms. The molecule has 0 heterocycles. The van der Waals surface area contributed by atoms with Gasteiger partial charge in [-0.05, 0) is 104 Å². The number of thiocarbonyl (C=S) groups is 1. The minimum absolute atomic E-state index is 0.0993. The Hall–Kier alpha value is -3.43. The Morgan fingerprint density at radius 1 is 0.914 bits per heavy atom. The van der Waals surface area contributed by atoms with Gasteiger partial charge in [0.15, 0.2) is 5.11 Å². The van der Waals surface area contributed by atoms with E-state index in [2.05, 4.69) is 22.3 Å². The highest BCUT2D eigenvalue weighted by molar-refractivity contribution is 7.92. The lowest BCUT2D eigenvalue weighted by Crippen LogP contribution is -2.34. The molecule has 3 rings (SSSR count). The fourth-order valence-electron chi connectivity index (χ4n) is 3.34. The molecule has 3 aromatic carbocycles. The highest BCUT2D eigenvalue weighted by atomic mass is 32.2. The van der Waals surface area contributed by atoms with E-state index < -0.39 is 10.0 Å². The molecular formula is C26H29N3O4S2. The molecule has 0 spiro atoms. The number of carbonyl (C=O) groups excluding carboxylic acids is 1. The number of aryl methyl sites for hydroxylation is 2. The highest BCUT2D eigenvalue weighted by Gasteiger charge is 2.15. The first-order chi connectivity index (χ1) is 16.7. The van der Waals surface area contributed by atoms with Gasteiger partial charge in [-0.15, -0.1) is 0 Å². The van der Waals surface area contributed by atoms with Crippen molar-refractivity contribution in [1.29, 1.82) is 0 Å². The molecule has 3 aromatic rings. The zero-order valence-electron chi connectivity index (χ0n) is 19.9. The molecule has 0 radical (unpaired) electrons. The number of benzene rings is 3. The number of amides is 1. The minimum atomic E-state index is -3.75. The second-order valence-corrected chi connectivity index (χ2v) is 10.2. The van der Waals surface area contributed by atoms with Crippen molar-refractivity contribution >= 4 is 44.6 Å². The van der Waals surface area contributed by atoms with E-state index in [1.54, 1.807) is 48.5 Å². The lowest BCUT2D eigenvalue weighted by Gasteiger charge is -2.12. The maximum absolute atomic E-state index is 12.7. The summed E-state index contributed by atoms with van der Waals surface area (Å²) in [5.41, 5.74) is 3.42. The van der Waals surface area contributed by atoms with Gasteiger partial charge in [-0.25, -0.2) is 8.42 Å². The molecule has 7 nitrogen and oxygen atoms in total. The van der Waals surface area contributed by atoms with E-state index in [9.17, 15) is 13.2 Å². The van der Waals surface area contributed by atoms with Gasteiger partial charge in [0.25, 0.3) is 15.9 Å². The number of sulfonamides is 1. The van der Waals surface area contributed by atoms with Crippen molar-refractivity contribution < 1.29 is 17.9 Å². The standard InChI is InChI=1S/C26H29N3O4S2/c1-4-5-14-33-23-10-6-20(7-11-23)25(30)28-26(34)27-21-8-12-24(13-9-21)35(31,32)29-22-16-18(2)15-19(3)17-22/h6-13,15-17,29H,4-5,14H2,1-3H3,(H2,27,28,30,34). The van der Waals surface area contributed by atoms with Crippen LogP contribution in [0.15, 0.2) is 71.6 Å². The van der Waals surface area contributed by atoms with Crippen molar-refractivity contribution in [3.8, 4) is 5.75 Å². The molecule has 0 aliphatic carbocycles. The third kappa shape index (κ3) is 7.80. The fraction of sp³-hybridized carbons (Fsp3) is 0.231. The number of rotatable bonds is 9. The summed E-state index contributed by atoms with van der Waals surface area (Å²) >= 11 is 5.23. The first kappa shape index (κ1) is 26.2. The number of nitrogens with one attached hydrogen (secondary N) is 3. The Bertz CT molecular complexity index is 1270. The zero-order valence-corrected chi connectivity index (χ0v) is 21.6. The van der Waals surface area contributed by atoms with Crippen LogP contribution in [0.3, 0.4) is 0 Å². The van der Waals surface area contributed by atoms with Gasteiger partial charge in [-0.1, -0.05) is 19.4 Å². The van der Waals surface area contributed by atoms with E-state index in [1.165, 1.54) is 12.1 Å². The van der Waals surface area contributed by atoms with Crippen LogP contribution in [0, 0.1) is 13.8 Å². The van der Waals surface area contributed by atoms with Crippen molar-refractivity contribution in [3.63, 3.8) is 0 Å². The van der Waals surface area contributed by atoms with E-state index >= 15 is 0 Å². The predicted molar refractivity (Wildman–Crippen MR) is 144 cm³/mol. The SMILES string of the molecule is CCCCOc1ccc(C(=O)NC(=S)Nc2ccc(S(=O)(=O)Nc3cc(C)cc(C)c3)cc2)cc1. The van der Waals surface area contributed by atoms with Crippen molar-refractivity contribution in [2.24, 2.45) is 0 Å². The molecule has 0 aliphatic rings. The van der Waals surface area contributed by atoms with Gasteiger partial charge >= 0.3 is 0 Å². The number of anilines is 2. The summed E-state index contributed by atoms with van der Waals surface area (Å²) in [5, 5.41) is 5.60. The maximum Gasteiger partial charge on any atom is 0.261 e. The van der Waals surface area contributed by atoms with Gasteiger partial charge in [0, 0.05) is 16.9 Å². The average Bonchev–Trinajstić information content (AvgIpc) is 2.79. The van der Waals surface area contributed by atoms with Crippen LogP contribution in [0.1, 0.15) is 41.3 Å². The van der Waals surface area contributed by atoms with E-state index in [4.69, 9.17) is 17.0 Å². The van der Waals surface area contributed by atoms with Crippen LogP contribution in [0.25, 0.3) is 0 Å². The third-order valence-corrected chi connectivity index (χ3v) is 6.61. The zero-order chi connectivity index (χ0) is 25.4. The molecule has 0 aliphatic heterocycles. The van der Waals surface area contributed by atoms with Crippen molar-refractivity contribution in [2.75, 3.05) is 16.6 Å². The molecule has 3 N–H and O–H groups in total. The van der Waals surface area contributed by atoms with Crippen molar-refractivity contribution in [3.05, 3.63) is 83.4 Å². The summed E-state index contributed by atoms with van der Waals surface area (Å²) in [4.78, 5) is 12.6. The lowest BCUT2D eigenvalue weighted by molar-refractivity contribution is 0.0977. The van der Waals surface area contributed by atoms with Gasteiger partial charge in [0.1, 0.15) is 5.75 Å². The Balaban J connectivity index is 1.57. The number of unbranched alkanes of at least 4 members (excludes halogenated alkanes) is 1. The Kier molecular flexibility index (Phi) is 8.84. The topological polar surface area (TPSA) is 96.5 Å². The summed E-state index contributed by atoms with van der Waals surface area (Å²) in [6.07, 6.45) is 2.02. The Morgan fingerprint density at radius 2 is 1.54 bits per heavy atom. The Labute approximate surface area is 212 Å². The van der Waals surface area contributed by atoms with Crippen molar-refractivity contribution in [2.45, 2.75) is 38.5 Å². The normalized spacial score (nSPS) is 10.9. The van der Waals surface area contributed by atoms with Gasteiger partial charge in [-0.2, -0.15) is 0 Å². The molecule has 0 saturated carbocycles. The summed E-state index contributed by atoms with van der Waals surface area (Å²) in [5.74, 6) is 0.345. The second kappa shape index (κ2) is 11.8. The molecular weight excluding hydrogens is 482 g/mol. The van der Waals surface area contributed by atoms with Crippen molar-refractivity contribution in [1.82, 2.24) is 5.32 Å². The van der Waals surface area contributed by atoms with E-state index in [-0.39, 0.29) is 15.9 Å². The molecule has 0 atom stereocenters. The Morgan fingerprint density at radius 3 is 2.14 bits per heavy atom. The van der Waals surface area contributed by atoms with Crippen LogP contribution in [0.2, 0.25) is 0 Å². The van der Waals surface area contributed by atoms with E-state index in [0.29, 0.717) is 29.3 Å². The molecule has 0 fully saturated rings. The molecule has 0 unspecified atom stereocenters. The van der Waals surface area contributed by atoms with Gasteiger partial charge < -0.3 is 10.1 Å². The largest absolute Gasteiger partial charge is 0.494 e. The second-order valence-electron chi connectivity index (χ2n) is 8.14. The quantitative estimate of drug-likeness (QED) is 0.263. The fourth-order valence-corrected chi connectivity index (χ4v) is 4.59. The maximum atomic E-state index is 12.7. The van der Waals surface area contributed by atoms with Crippen LogP contribution in [0.5, 0.6) is 5.75 Å². The van der Waals surface area contributed by atoms with Crippen LogP contribution in [-0.4, -0.2) is 26.0 Å². The highest BCUT2D eigenvalue weighted by Crippen LogP contribution is 2.20. The average molecular weight is 512 g/mol.